The van der Waals surface area contributed by atoms with E-state index in [4.69, 9.17) is 30.4 Å². The van der Waals surface area contributed by atoms with Gasteiger partial charge in [-0.25, -0.2) is 8.42 Å². The van der Waals surface area contributed by atoms with Crippen LogP contribution < -0.4 is 30.4 Å². The molecular formula is C26H24N2O6S. The Morgan fingerprint density at radius 3 is 1.23 bits per heavy atom. The molecule has 180 valence electrons. The van der Waals surface area contributed by atoms with Crippen molar-refractivity contribution >= 4 is 21.2 Å². The molecule has 0 radical (unpaired) electrons. The molecule has 4 aromatic carbocycles. The minimum atomic E-state index is -3.73. The van der Waals surface area contributed by atoms with Gasteiger partial charge in [0.15, 0.2) is 0 Å². The number of nitrogens with two attached hydrogens (primary N) is 2. The predicted molar refractivity (Wildman–Crippen MR) is 133 cm³/mol. The highest BCUT2D eigenvalue weighted by Gasteiger charge is 2.18. The Balaban J connectivity index is 1.48. The zero-order valence-electron chi connectivity index (χ0n) is 19.1. The molecule has 0 aliphatic rings. The van der Waals surface area contributed by atoms with Gasteiger partial charge in [0.05, 0.1) is 35.4 Å². The summed E-state index contributed by atoms with van der Waals surface area (Å²) in [4.78, 5) is 0.272. The van der Waals surface area contributed by atoms with Crippen molar-refractivity contribution in [3.05, 3.63) is 84.9 Å². The summed E-state index contributed by atoms with van der Waals surface area (Å²) >= 11 is 0. The maximum atomic E-state index is 13.1. The Bertz CT molecular complexity index is 1330. The van der Waals surface area contributed by atoms with E-state index < -0.39 is 9.84 Å². The second-order valence-corrected chi connectivity index (χ2v) is 9.41. The molecule has 0 amide bonds. The van der Waals surface area contributed by atoms with E-state index in [1.54, 1.807) is 60.7 Å². The smallest absolute Gasteiger partial charge is 0.206 e. The van der Waals surface area contributed by atoms with E-state index in [1.807, 2.05) is 0 Å². The molecule has 35 heavy (non-hydrogen) atoms. The van der Waals surface area contributed by atoms with Crippen LogP contribution in [0.25, 0.3) is 0 Å². The highest BCUT2D eigenvalue weighted by atomic mass is 32.2. The average molecular weight is 493 g/mol. The van der Waals surface area contributed by atoms with Crippen molar-refractivity contribution in [2.75, 3.05) is 25.7 Å². The van der Waals surface area contributed by atoms with Crippen molar-refractivity contribution in [1.29, 1.82) is 0 Å². The summed E-state index contributed by atoms with van der Waals surface area (Å²) in [6.45, 7) is 0. The molecule has 0 aliphatic heterocycles. The Labute approximate surface area is 203 Å². The largest absolute Gasteiger partial charge is 0.494 e. The zero-order valence-corrected chi connectivity index (χ0v) is 19.9. The number of hydrogen-bond donors (Lipinski definition) is 2. The molecule has 0 bridgehead atoms. The lowest BCUT2D eigenvalue weighted by atomic mass is 10.3. The maximum Gasteiger partial charge on any atom is 0.206 e. The normalized spacial score (nSPS) is 11.0. The number of nitrogen functional groups attached to an aromatic ring is 2. The van der Waals surface area contributed by atoms with Crippen molar-refractivity contribution in [3.63, 3.8) is 0 Å². The monoisotopic (exact) mass is 492 g/mol. The van der Waals surface area contributed by atoms with Crippen LogP contribution in [0.4, 0.5) is 11.4 Å². The van der Waals surface area contributed by atoms with Gasteiger partial charge in [0.1, 0.15) is 34.5 Å². The van der Waals surface area contributed by atoms with Gasteiger partial charge in [0.2, 0.25) is 9.84 Å². The lowest BCUT2D eigenvalue weighted by molar-refractivity contribution is 0.411. The highest BCUT2D eigenvalue weighted by molar-refractivity contribution is 7.91. The number of benzene rings is 4. The molecule has 9 heteroatoms. The lowest BCUT2D eigenvalue weighted by Gasteiger charge is -2.11. The molecule has 0 aromatic heterocycles. The number of hydrogen-bond acceptors (Lipinski definition) is 8. The summed E-state index contributed by atoms with van der Waals surface area (Å²) in [6, 6.07) is 22.4. The van der Waals surface area contributed by atoms with Crippen LogP contribution in [0.2, 0.25) is 0 Å². The molecule has 8 nitrogen and oxygen atoms in total. The molecule has 0 saturated carbocycles. The van der Waals surface area contributed by atoms with Crippen molar-refractivity contribution in [2.45, 2.75) is 9.79 Å². The Kier molecular flexibility index (Phi) is 6.70. The van der Waals surface area contributed by atoms with Gasteiger partial charge in [-0.15, -0.1) is 0 Å². The quantitative estimate of drug-likeness (QED) is 0.318. The topological polar surface area (TPSA) is 123 Å². The minimum Gasteiger partial charge on any atom is -0.494 e. The van der Waals surface area contributed by atoms with Crippen LogP contribution in [0.15, 0.2) is 94.7 Å². The molecule has 0 aliphatic carbocycles. The van der Waals surface area contributed by atoms with E-state index in [2.05, 4.69) is 0 Å². The van der Waals surface area contributed by atoms with Gasteiger partial charge in [0.25, 0.3) is 0 Å². The van der Waals surface area contributed by atoms with Gasteiger partial charge in [-0.1, -0.05) is 0 Å². The Hall–Kier alpha value is -4.37. The zero-order chi connectivity index (χ0) is 25.0. The van der Waals surface area contributed by atoms with E-state index in [0.717, 1.165) is 0 Å². The fourth-order valence-electron chi connectivity index (χ4n) is 3.29. The third-order valence-corrected chi connectivity index (χ3v) is 6.93. The van der Waals surface area contributed by atoms with Crippen molar-refractivity contribution in [1.82, 2.24) is 0 Å². The minimum absolute atomic E-state index is 0.136. The highest BCUT2D eigenvalue weighted by Crippen LogP contribution is 2.32. The van der Waals surface area contributed by atoms with Gasteiger partial charge in [0, 0.05) is 12.1 Å². The fraction of sp³-hybridized carbons (Fsp3) is 0.0769. The van der Waals surface area contributed by atoms with Crippen molar-refractivity contribution in [2.24, 2.45) is 0 Å². The van der Waals surface area contributed by atoms with Crippen LogP contribution in [0.1, 0.15) is 0 Å². The number of ether oxygens (including phenoxy) is 4. The second kappa shape index (κ2) is 9.86. The van der Waals surface area contributed by atoms with E-state index in [9.17, 15) is 8.42 Å². The van der Waals surface area contributed by atoms with Crippen LogP contribution in [0.3, 0.4) is 0 Å². The van der Waals surface area contributed by atoms with E-state index >= 15 is 0 Å². The molecule has 0 saturated heterocycles. The van der Waals surface area contributed by atoms with Gasteiger partial charge in [-0.2, -0.15) is 0 Å². The molecule has 4 rings (SSSR count). The summed E-state index contributed by atoms with van der Waals surface area (Å²) in [7, 11) is -0.701. The summed E-state index contributed by atoms with van der Waals surface area (Å²) in [5, 5.41) is 0. The number of methoxy groups -OCH3 is 2. The van der Waals surface area contributed by atoms with Crippen LogP contribution >= 0.6 is 0 Å². The number of anilines is 2. The molecule has 0 spiro atoms. The molecular weight excluding hydrogens is 468 g/mol. The third-order valence-electron chi connectivity index (χ3n) is 5.15. The number of sulfone groups is 1. The van der Waals surface area contributed by atoms with E-state index in [0.29, 0.717) is 45.9 Å². The van der Waals surface area contributed by atoms with Crippen molar-refractivity contribution < 1.29 is 27.4 Å². The molecule has 0 fully saturated rings. The molecule has 0 unspecified atom stereocenters. The first-order chi connectivity index (χ1) is 16.8. The first-order valence-corrected chi connectivity index (χ1v) is 12.0. The van der Waals surface area contributed by atoms with Gasteiger partial charge >= 0.3 is 0 Å². The number of rotatable bonds is 8. The standard InChI is InChI=1S/C26H24N2O6S/c1-31-25-15-19(7-13-23(25)27)33-17-3-9-21(10-4-17)35(29,30)22-11-5-18(6-12-22)34-20-8-14-24(28)26(16-20)32-2/h3-16H,27-28H2,1-2H3. The molecule has 4 N–H and O–H groups in total. The lowest BCUT2D eigenvalue weighted by Crippen LogP contribution is -2.02. The molecule has 0 heterocycles. The second-order valence-electron chi connectivity index (χ2n) is 7.46. The van der Waals surface area contributed by atoms with Gasteiger partial charge in [-0.3, -0.25) is 0 Å². The summed E-state index contributed by atoms with van der Waals surface area (Å²) in [6.07, 6.45) is 0. The molecule has 0 atom stereocenters. The predicted octanol–water partition coefficient (Wildman–Crippen LogP) is 5.29. The summed E-state index contributed by atoms with van der Waals surface area (Å²) in [5.74, 6) is 2.95. The van der Waals surface area contributed by atoms with Crippen LogP contribution in [0, 0.1) is 0 Å². The Morgan fingerprint density at radius 1 is 0.543 bits per heavy atom. The first kappa shape index (κ1) is 23.8. The summed E-state index contributed by atoms with van der Waals surface area (Å²) in [5.41, 5.74) is 12.6. The average Bonchev–Trinajstić information content (AvgIpc) is 2.87. The third kappa shape index (κ3) is 5.25. The Morgan fingerprint density at radius 2 is 0.886 bits per heavy atom. The van der Waals surface area contributed by atoms with Gasteiger partial charge in [-0.05, 0) is 72.8 Å². The van der Waals surface area contributed by atoms with Crippen LogP contribution in [-0.2, 0) is 9.84 Å². The SMILES string of the molecule is COc1cc(Oc2ccc(S(=O)(=O)c3ccc(Oc4ccc(N)c(OC)c4)cc3)cc2)ccc1N. The molecule has 4 aromatic rings. The maximum absolute atomic E-state index is 13.1. The summed E-state index contributed by atoms with van der Waals surface area (Å²) < 4.78 is 48.1. The first-order valence-electron chi connectivity index (χ1n) is 10.5. The van der Waals surface area contributed by atoms with E-state index in [-0.39, 0.29) is 9.79 Å². The van der Waals surface area contributed by atoms with Crippen molar-refractivity contribution in [3.8, 4) is 34.5 Å². The van der Waals surface area contributed by atoms with Crippen LogP contribution in [-0.4, -0.2) is 22.6 Å². The van der Waals surface area contributed by atoms with E-state index in [1.165, 1.54) is 38.5 Å². The van der Waals surface area contributed by atoms with Gasteiger partial charge < -0.3 is 30.4 Å². The fourth-order valence-corrected chi connectivity index (χ4v) is 4.55. The van der Waals surface area contributed by atoms with Crippen LogP contribution in [0.5, 0.6) is 34.5 Å².